The molecule has 2 N–H and O–H groups in total. The van der Waals surface area contributed by atoms with Gasteiger partial charge in [-0.15, -0.1) is 0 Å². The van der Waals surface area contributed by atoms with Gasteiger partial charge in [0.15, 0.2) is 5.69 Å². The van der Waals surface area contributed by atoms with Crippen molar-refractivity contribution >= 4 is 16.9 Å². The summed E-state index contributed by atoms with van der Waals surface area (Å²) in [5, 5.41) is 20.3. The molecule has 0 aliphatic heterocycles. The van der Waals surface area contributed by atoms with Gasteiger partial charge in [0.2, 0.25) is 0 Å². The van der Waals surface area contributed by atoms with Crippen LogP contribution in [0, 0.1) is 6.92 Å². The number of aromatic nitrogens is 1. The van der Waals surface area contributed by atoms with Gasteiger partial charge in [-0.05, 0) is 25.0 Å². The number of fused-ring (bicyclic) bond motifs is 1. The molecule has 0 saturated heterocycles. The van der Waals surface area contributed by atoms with Gasteiger partial charge in [0, 0.05) is 10.9 Å². The molecule has 2 aromatic rings. The first-order valence-electron chi connectivity index (χ1n) is 6.43. The van der Waals surface area contributed by atoms with Crippen LogP contribution >= 0.6 is 0 Å². The molecule has 0 unspecified atom stereocenters. The lowest BCUT2D eigenvalue weighted by molar-refractivity contribution is 0.0689. The lowest BCUT2D eigenvalue weighted by Gasteiger charge is -2.14. The molecule has 0 aliphatic rings. The molecule has 1 aromatic carbocycles. The van der Waals surface area contributed by atoms with E-state index in [-0.39, 0.29) is 11.4 Å². The lowest BCUT2D eigenvalue weighted by atomic mass is 10.00. The third kappa shape index (κ3) is 2.15. The van der Waals surface area contributed by atoms with Gasteiger partial charge in [-0.25, -0.2) is 9.78 Å². The van der Waals surface area contributed by atoms with Crippen LogP contribution in [0.1, 0.15) is 35.0 Å². The van der Waals surface area contributed by atoms with E-state index in [1.54, 1.807) is 6.07 Å². The van der Waals surface area contributed by atoms with E-state index in [0.717, 1.165) is 12.0 Å². The van der Waals surface area contributed by atoms with Crippen molar-refractivity contribution in [3.05, 3.63) is 29.0 Å². The van der Waals surface area contributed by atoms with E-state index in [0.29, 0.717) is 28.6 Å². The molecule has 0 aliphatic carbocycles. The van der Waals surface area contributed by atoms with Crippen LogP contribution in [0.4, 0.5) is 0 Å². The molecule has 0 saturated carbocycles. The third-order valence-corrected chi connectivity index (χ3v) is 3.30. The third-order valence-electron chi connectivity index (χ3n) is 3.30. The van der Waals surface area contributed by atoms with Crippen LogP contribution in [0.15, 0.2) is 12.1 Å². The topological polar surface area (TPSA) is 79.7 Å². The Morgan fingerprint density at radius 1 is 1.40 bits per heavy atom. The average Bonchev–Trinajstić information content (AvgIpc) is 2.41. The zero-order valence-electron chi connectivity index (χ0n) is 11.7. The number of aryl methyl sites for hydroxylation is 1. The summed E-state index contributed by atoms with van der Waals surface area (Å²) < 4.78 is 5.21. The number of methoxy groups -OCH3 is 1. The first kappa shape index (κ1) is 14.1. The molecule has 106 valence electrons. The van der Waals surface area contributed by atoms with Crippen molar-refractivity contribution in [3.63, 3.8) is 0 Å². The number of rotatable bonds is 4. The van der Waals surface area contributed by atoms with Gasteiger partial charge in [-0.3, -0.25) is 0 Å². The first-order valence-corrected chi connectivity index (χ1v) is 6.43. The number of hydrogen-bond donors (Lipinski definition) is 2. The summed E-state index contributed by atoms with van der Waals surface area (Å²) in [7, 11) is 1.49. The summed E-state index contributed by atoms with van der Waals surface area (Å²) in [6.07, 6.45) is 1.19. The molecule has 2 rings (SSSR count). The van der Waals surface area contributed by atoms with E-state index in [1.165, 1.54) is 7.11 Å². The fraction of sp³-hybridized carbons (Fsp3) is 0.333. The molecule has 0 amide bonds. The molecule has 0 spiro atoms. The zero-order valence-corrected chi connectivity index (χ0v) is 11.7. The minimum Gasteiger partial charge on any atom is -0.507 e. The number of aromatic carboxylic acids is 1. The molecule has 1 heterocycles. The van der Waals surface area contributed by atoms with Crippen LogP contribution in [0.3, 0.4) is 0 Å². The largest absolute Gasteiger partial charge is 0.507 e. The normalized spacial score (nSPS) is 10.8. The fourth-order valence-corrected chi connectivity index (χ4v) is 2.35. The lowest BCUT2D eigenvalue weighted by Crippen LogP contribution is -2.08. The van der Waals surface area contributed by atoms with Gasteiger partial charge in [0.25, 0.3) is 0 Å². The Bertz CT molecular complexity index is 679. The number of carboxylic acids is 1. The Kier molecular flexibility index (Phi) is 3.79. The summed E-state index contributed by atoms with van der Waals surface area (Å²) >= 11 is 0. The van der Waals surface area contributed by atoms with E-state index in [9.17, 15) is 15.0 Å². The second kappa shape index (κ2) is 5.36. The summed E-state index contributed by atoms with van der Waals surface area (Å²) in [5.74, 6) is -0.702. The number of hydrogen-bond acceptors (Lipinski definition) is 4. The maximum absolute atomic E-state index is 11.4. The SMILES string of the molecule is CCCc1c(C(=O)O)nc2c(OC)ccc(C)c2c1O. The predicted molar refractivity (Wildman–Crippen MR) is 75.7 cm³/mol. The summed E-state index contributed by atoms with van der Waals surface area (Å²) in [6, 6.07) is 3.54. The highest BCUT2D eigenvalue weighted by molar-refractivity contribution is 5.99. The summed E-state index contributed by atoms with van der Waals surface area (Å²) in [4.78, 5) is 15.6. The van der Waals surface area contributed by atoms with Crippen LogP contribution in [-0.4, -0.2) is 28.3 Å². The maximum Gasteiger partial charge on any atom is 0.354 e. The molecule has 1 aromatic heterocycles. The Morgan fingerprint density at radius 2 is 2.10 bits per heavy atom. The average molecular weight is 275 g/mol. The summed E-state index contributed by atoms with van der Waals surface area (Å²) in [5.41, 5.74) is 1.48. The van der Waals surface area contributed by atoms with Gasteiger partial charge in [0.1, 0.15) is 17.0 Å². The standard InChI is InChI=1S/C15H17NO4/c1-4-5-9-12(15(18)19)16-13-10(20-3)7-6-8(2)11(13)14(9)17/h6-7H,4-5H2,1-3H3,(H,16,17)(H,18,19). The zero-order chi connectivity index (χ0) is 14.9. The number of benzene rings is 1. The van der Waals surface area contributed by atoms with Crippen molar-refractivity contribution in [1.29, 1.82) is 0 Å². The van der Waals surface area contributed by atoms with Crippen molar-refractivity contribution in [3.8, 4) is 11.5 Å². The van der Waals surface area contributed by atoms with E-state index < -0.39 is 5.97 Å². The molecule has 5 nitrogen and oxygen atoms in total. The molecule has 0 fully saturated rings. The van der Waals surface area contributed by atoms with Gasteiger partial charge in [0.05, 0.1) is 7.11 Å². The molecule has 0 radical (unpaired) electrons. The molecule has 0 bridgehead atoms. The highest BCUT2D eigenvalue weighted by atomic mass is 16.5. The molecule has 5 heteroatoms. The van der Waals surface area contributed by atoms with Crippen molar-refractivity contribution in [2.24, 2.45) is 0 Å². The minimum absolute atomic E-state index is 0.00866. The maximum atomic E-state index is 11.4. The Balaban J connectivity index is 2.92. The van der Waals surface area contributed by atoms with Crippen molar-refractivity contribution < 1.29 is 19.7 Å². The van der Waals surface area contributed by atoms with Crippen molar-refractivity contribution in [1.82, 2.24) is 4.98 Å². The molecular formula is C15H17NO4. The highest BCUT2D eigenvalue weighted by Crippen LogP contribution is 2.37. The van der Waals surface area contributed by atoms with Gasteiger partial charge < -0.3 is 14.9 Å². The first-order chi connectivity index (χ1) is 9.51. The minimum atomic E-state index is -1.14. The van der Waals surface area contributed by atoms with Crippen LogP contribution in [-0.2, 0) is 6.42 Å². The second-order valence-corrected chi connectivity index (χ2v) is 4.65. The monoisotopic (exact) mass is 275 g/mol. The van der Waals surface area contributed by atoms with Crippen LogP contribution in [0.25, 0.3) is 10.9 Å². The number of ether oxygens (including phenoxy) is 1. The van der Waals surface area contributed by atoms with Crippen LogP contribution < -0.4 is 4.74 Å². The Hall–Kier alpha value is -2.30. The van der Waals surface area contributed by atoms with E-state index >= 15 is 0 Å². The van der Waals surface area contributed by atoms with E-state index in [1.807, 2.05) is 19.9 Å². The smallest absolute Gasteiger partial charge is 0.354 e. The number of carbonyl (C=O) groups is 1. The second-order valence-electron chi connectivity index (χ2n) is 4.65. The van der Waals surface area contributed by atoms with E-state index in [2.05, 4.69) is 4.98 Å². The fourth-order valence-electron chi connectivity index (χ4n) is 2.35. The Labute approximate surface area is 116 Å². The number of pyridine rings is 1. The molecule has 20 heavy (non-hydrogen) atoms. The van der Waals surface area contributed by atoms with Crippen molar-refractivity contribution in [2.45, 2.75) is 26.7 Å². The Morgan fingerprint density at radius 3 is 2.65 bits per heavy atom. The van der Waals surface area contributed by atoms with Gasteiger partial charge in [-0.2, -0.15) is 0 Å². The predicted octanol–water partition coefficient (Wildman–Crippen LogP) is 2.91. The molecular weight excluding hydrogens is 258 g/mol. The number of aromatic hydroxyl groups is 1. The number of nitrogens with zero attached hydrogens (tertiary/aromatic N) is 1. The van der Waals surface area contributed by atoms with Gasteiger partial charge in [-0.1, -0.05) is 19.4 Å². The summed E-state index contributed by atoms with van der Waals surface area (Å²) in [6.45, 7) is 3.77. The quantitative estimate of drug-likeness (QED) is 0.896. The van der Waals surface area contributed by atoms with E-state index in [4.69, 9.17) is 4.74 Å². The molecule has 0 atom stereocenters. The van der Waals surface area contributed by atoms with Crippen LogP contribution in [0.5, 0.6) is 11.5 Å². The van der Waals surface area contributed by atoms with Crippen LogP contribution in [0.2, 0.25) is 0 Å². The van der Waals surface area contributed by atoms with Gasteiger partial charge >= 0.3 is 5.97 Å². The van der Waals surface area contributed by atoms with Crippen molar-refractivity contribution in [2.75, 3.05) is 7.11 Å². The highest BCUT2D eigenvalue weighted by Gasteiger charge is 2.21. The number of carboxylic acid groups (broad SMARTS) is 1.